The molecule has 0 amide bonds. The first kappa shape index (κ1) is 13.2. The van der Waals surface area contributed by atoms with Crippen molar-refractivity contribution in [3.05, 3.63) is 64.1 Å². The summed E-state index contributed by atoms with van der Waals surface area (Å²) in [6.07, 6.45) is 0. The van der Waals surface area contributed by atoms with Gasteiger partial charge in [-0.1, -0.05) is 18.2 Å². The molecule has 1 N–H and O–H groups in total. The highest BCUT2D eigenvalue weighted by molar-refractivity contribution is 9.10. The first-order chi connectivity index (χ1) is 9.63. The highest BCUT2D eigenvalue weighted by Crippen LogP contribution is 2.25. The minimum atomic E-state index is -0.253. The maximum atomic E-state index is 13.4. The number of hydrogen-bond donors (Lipinski definition) is 1. The maximum absolute atomic E-state index is 13.4. The molecule has 0 saturated heterocycles. The van der Waals surface area contributed by atoms with Gasteiger partial charge in [0, 0.05) is 11.1 Å². The number of fused-ring (bicyclic) bond motifs is 1. The Bertz CT molecular complexity index is 733. The van der Waals surface area contributed by atoms with E-state index in [9.17, 15) is 4.39 Å². The first-order valence-corrected chi connectivity index (χ1v) is 7.10. The van der Waals surface area contributed by atoms with E-state index in [2.05, 4.69) is 21.2 Å². The van der Waals surface area contributed by atoms with Crippen LogP contribution in [0.3, 0.4) is 0 Å². The molecule has 2 nitrogen and oxygen atoms in total. The van der Waals surface area contributed by atoms with Crippen LogP contribution < -0.4 is 5.32 Å². The van der Waals surface area contributed by atoms with Gasteiger partial charge < -0.3 is 9.73 Å². The summed E-state index contributed by atoms with van der Waals surface area (Å²) in [5.74, 6) is 0.600. The fourth-order valence-corrected chi connectivity index (χ4v) is 2.49. The van der Waals surface area contributed by atoms with Crippen molar-refractivity contribution in [2.24, 2.45) is 0 Å². The van der Waals surface area contributed by atoms with Gasteiger partial charge in [-0.25, -0.2) is 4.39 Å². The van der Waals surface area contributed by atoms with Gasteiger partial charge in [0.15, 0.2) is 0 Å². The molecule has 0 aliphatic carbocycles. The van der Waals surface area contributed by atoms with Gasteiger partial charge in [0.2, 0.25) is 0 Å². The van der Waals surface area contributed by atoms with Crippen molar-refractivity contribution in [1.82, 2.24) is 0 Å². The first-order valence-electron chi connectivity index (χ1n) is 6.30. The second kappa shape index (κ2) is 5.29. The quantitative estimate of drug-likeness (QED) is 0.707. The molecule has 0 atom stereocenters. The van der Waals surface area contributed by atoms with Crippen molar-refractivity contribution in [2.45, 2.75) is 13.5 Å². The predicted octanol–water partition coefficient (Wildman–Crippen LogP) is 5.25. The van der Waals surface area contributed by atoms with E-state index in [1.165, 1.54) is 6.07 Å². The molecule has 3 aromatic rings. The summed E-state index contributed by atoms with van der Waals surface area (Å²) in [6.45, 7) is 2.43. The van der Waals surface area contributed by atoms with Crippen LogP contribution in [0.4, 0.5) is 10.1 Å². The van der Waals surface area contributed by atoms with E-state index in [0.717, 1.165) is 28.0 Å². The predicted molar refractivity (Wildman–Crippen MR) is 82.4 cm³/mol. The number of para-hydroxylation sites is 1. The average Bonchev–Trinajstić information content (AvgIpc) is 2.84. The van der Waals surface area contributed by atoms with Gasteiger partial charge >= 0.3 is 0 Å². The molecule has 0 bridgehead atoms. The molecule has 0 radical (unpaired) electrons. The lowest BCUT2D eigenvalue weighted by atomic mass is 10.2. The minimum Gasteiger partial charge on any atom is -0.459 e. The Morgan fingerprint density at radius 2 is 2.00 bits per heavy atom. The number of halogens is 2. The zero-order chi connectivity index (χ0) is 14.1. The van der Waals surface area contributed by atoms with Crippen LogP contribution in [-0.4, -0.2) is 0 Å². The summed E-state index contributed by atoms with van der Waals surface area (Å²) in [5, 5.41) is 4.35. The van der Waals surface area contributed by atoms with Crippen molar-refractivity contribution in [3.63, 3.8) is 0 Å². The minimum absolute atomic E-state index is 0.253. The molecule has 102 valence electrons. The van der Waals surface area contributed by atoms with Gasteiger partial charge in [-0.3, -0.25) is 0 Å². The highest BCUT2D eigenvalue weighted by Gasteiger charge is 2.07. The Kier molecular flexibility index (Phi) is 3.49. The SMILES string of the molecule is Cc1cc(F)c(Br)cc1NCc1cc2ccccc2o1. The van der Waals surface area contributed by atoms with Gasteiger partial charge in [-0.15, -0.1) is 0 Å². The number of nitrogens with one attached hydrogen (secondary N) is 1. The molecule has 1 aromatic heterocycles. The third kappa shape index (κ3) is 2.56. The molecule has 2 aromatic carbocycles. The van der Waals surface area contributed by atoms with E-state index in [1.807, 2.05) is 37.3 Å². The summed E-state index contributed by atoms with van der Waals surface area (Å²) in [5.41, 5.74) is 2.63. The fraction of sp³-hybridized carbons (Fsp3) is 0.125. The third-order valence-corrected chi connectivity index (χ3v) is 3.80. The highest BCUT2D eigenvalue weighted by atomic mass is 79.9. The molecule has 0 spiro atoms. The van der Waals surface area contributed by atoms with E-state index in [1.54, 1.807) is 6.07 Å². The normalized spacial score (nSPS) is 10.9. The van der Waals surface area contributed by atoms with Crippen LogP contribution in [0.1, 0.15) is 11.3 Å². The topological polar surface area (TPSA) is 25.2 Å². The van der Waals surface area contributed by atoms with E-state index >= 15 is 0 Å². The van der Waals surface area contributed by atoms with Crippen LogP contribution in [0, 0.1) is 12.7 Å². The number of rotatable bonds is 3. The van der Waals surface area contributed by atoms with Crippen molar-refractivity contribution in [2.75, 3.05) is 5.32 Å². The Balaban J connectivity index is 1.81. The van der Waals surface area contributed by atoms with Gasteiger partial charge in [-0.05, 0) is 52.7 Å². The molecule has 0 fully saturated rings. The molecule has 0 aliphatic heterocycles. The number of aryl methyl sites for hydroxylation is 1. The lowest BCUT2D eigenvalue weighted by molar-refractivity contribution is 0.559. The molecule has 0 aliphatic rings. The molecule has 0 unspecified atom stereocenters. The van der Waals surface area contributed by atoms with Crippen LogP contribution >= 0.6 is 15.9 Å². The smallest absolute Gasteiger partial charge is 0.137 e. The summed E-state index contributed by atoms with van der Waals surface area (Å²) >= 11 is 3.20. The number of furan rings is 1. The summed E-state index contributed by atoms with van der Waals surface area (Å²) in [7, 11) is 0. The van der Waals surface area contributed by atoms with Crippen molar-refractivity contribution >= 4 is 32.6 Å². The van der Waals surface area contributed by atoms with Crippen LogP contribution in [0.25, 0.3) is 11.0 Å². The summed E-state index contributed by atoms with van der Waals surface area (Å²) in [4.78, 5) is 0. The van der Waals surface area contributed by atoms with Crippen molar-refractivity contribution < 1.29 is 8.81 Å². The molecule has 3 rings (SSSR count). The monoisotopic (exact) mass is 333 g/mol. The maximum Gasteiger partial charge on any atom is 0.137 e. The fourth-order valence-electron chi connectivity index (χ4n) is 2.14. The van der Waals surface area contributed by atoms with Crippen LogP contribution in [-0.2, 0) is 6.54 Å². The second-order valence-electron chi connectivity index (χ2n) is 4.69. The average molecular weight is 334 g/mol. The van der Waals surface area contributed by atoms with Crippen LogP contribution in [0.2, 0.25) is 0 Å². The zero-order valence-electron chi connectivity index (χ0n) is 10.9. The second-order valence-corrected chi connectivity index (χ2v) is 5.54. The molecule has 0 saturated carbocycles. The third-order valence-electron chi connectivity index (χ3n) is 3.20. The number of hydrogen-bond acceptors (Lipinski definition) is 2. The molecular weight excluding hydrogens is 321 g/mol. The number of anilines is 1. The lowest BCUT2D eigenvalue weighted by Crippen LogP contribution is -2.00. The zero-order valence-corrected chi connectivity index (χ0v) is 12.5. The Labute approximate surface area is 124 Å². The van der Waals surface area contributed by atoms with Crippen molar-refractivity contribution in [1.29, 1.82) is 0 Å². The Hall–Kier alpha value is -1.81. The summed E-state index contributed by atoms with van der Waals surface area (Å²) < 4.78 is 19.6. The molecular formula is C16H13BrFNO. The van der Waals surface area contributed by atoms with E-state index in [0.29, 0.717) is 11.0 Å². The van der Waals surface area contributed by atoms with E-state index in [-0.39, 0.29) is 5.82 Å². The molecule has 1 heterocycles. The van der Waals surface area contributed by atoms with E-state index < -0.39 is 0 Å². The van der Waals surface area contributed by atoms with Crippen molar-refractivity contribution in [3.8, 4) is 0 Å². The van der Waals surface area contributed by atoms with Gasteiger partial charge in [0.1, 0.15) is 17.2 Å². The van der Waals surface area contributed by atoms with Crippen LogP contribution in [0.15, 0.2) is 51.4 Å². The van der Waals surface area contributed by atoms with E-state index in [4.69, 9.17) is 4.42 Å². The lowest BCUT2D eigenvalue weighted by Gasteiger charge is -2.09. The van der Waals surface area contributed by atoms with Gasteiger partial charge in [0.25, 0.3) is 0 Å². The van der Waals surface area contributed by atoms with Crippen LogP contribution in [0.5, 0.6) is 0 Å². The van der Waals surface area contributed by atoms with Gasteiger partial charge in [0.05, 0.1) is 11.0 Å². The molecule has 4 heteroatoms. The van der Waals surface area contributed by atoms with Gasteiger partial charge in [-0.2, -0.15) is 0 Å². The Morgan fingerprint density at radius 3 is 2.80 bits per heavy atom. The standard InChI is InChI=1S/C16H13BrFNO/c1-10-6-14(18)13(17)8-15(10)19-9-12-7-11-4-2-3-5-16(11)20-12/h2-8,19H,9H2,1H3. The summed E-state index contributed by atoms with van der Waals surface area (Å²) in [6, 6.07) is 13.1. The largest absolute Gasteiger partial charge is 0.459 e. The Morgan fingerprint density at radius 1 is 1.20 bits per heavy atom. The number of benzene rings is 2. The molecule has 20 heavy (non-hydrogen) atoms.